The van der Waals surface area contributed by atoms with Crippen molar-refractivity contribution in [2.75, 3.05) is 44.7 Å². The molecule has 1 unspecified atom stereocenters. The lowest BCUT2D eigenvalue weighted by Gasteiger charge is -2.32. The molecule has 1 aromatic carbocycles. The number of carbonyl (C=O) groups excluding carboxylic acids is 3. The number of methoxy groups -OCH3 is 1. The van der Waals surface area contributed by atoms with E-state index in [4.69, 9.17) is 16.3 Å². The molecular weight excluding hydrogens is 420 g/mol. The summed E-state index contributed by atoms with van der Waals surface area (Å²) in [6.45, 7) is 4.95. The number of likely N-dealkylation sites (tertiary alicyclic amines) is 1. The van der Waals surface area contributed by atoms with Gasteiger partial charge in [-0.1, -0.05) is 18.5 Å². The molecule has 0 spiro atoms. The molecule has 2 saturated heterocycles. The number of halogens is 1. The summed E-state index contributed by atoms with van der Waals surface area (Å²) in [5, 5.41) is 6.49. The number of hydrogen-bond acceptors (Lipinski definition) is 5. The second kappa shape index (κ2) is 10.8. The SMILES string of the molecule is CCCNC(=O)CN1CCC(NC(=O)C2CC(=O)N(c3cc(Cl)ccc3OC)C2)CC1. The van der Waals surface area contributed by atoms with Crippen LogP contribution in [0.1, 0.15) is 32.6 Å². The van der Waals surface area contributed by atoms with E-state index in [0.717, 1.165) is 32.4 Å². The van der Waals surface area contributed by atoms with Crippen molar-refractivity contribution < 1.29 is 19.1 Å². The van der Waals surface area contributed by atoms with Crippen molar-refractivity contribution in [1.29, 1.82) is 0 Å². The lowest BCUT2D eigenvalue weighted by atomic mass is 10.0. The number of hydrogen-bond donors (Lipinski definition) is 2. The Morgan fingerprint density at radius 3 is 2.68 bits per heavy atom. The number of piperidine rings is 1. The topological polar surface area (TPSA) is 91.0 Å². The van der Waals surface area contributed by atoms with E-state index in [0.29, 0.717) is 36.1 Å². The zero-order valence-corrected chi connectivity index (χ0v) is 18.9. The fourth-order valence-corrected chi connectivity index (χ4v) is 4.23. The predicted molar refractivity (Wildman–Crippen MR) is 119 cm³/mol. The third-order valence-electron chi connectivity index (χ3n) is 5.80. The summed E-state index contributed by atoms with van der Waals surface area (Å²) in [5.74, 6) is -0.0295. The standard InChI is InChI=1S/C22H31ClN4O4/c1-3-8-24-20(28)14-26-9-6-17(7-10-26)25-22(30)15-11-21(29)27(13-15)18-12-16(23)4-5-19(18)31-2/h4-5,12,15,17H,3,6-11,13-14H2,1-2H3,(H,24,28)(H,25,30). The van der Waals surface area contributed by atoms with Gasteiger partial charge in [0.25, 0.3) is 0 Å². The largest absolute Gasteiger partial charge is 0.495 e. The van der Waals surface area contributed by atoms with E-state index in [1.54, 1.807) is 23.1 Å². The Bertz CT molecular complexity index is 811. The van der Waals surface area contributed by atoms with Crippen molar-refractivity contribution in [3.8, 4) is 5.75 Å². The monoisotopic (exact) mass is 450 g/mol. The molecule has 170 valence electrons. The van der Waals surface area contributed by atoms with Gasteiger partial charge in [0.05, 0.1) is 25.3 Å². The molecular formula is C22H31ClN4O4. The fourth-order valence-electron chi connectivity index (χ4n) is 4.07. The summed E-state index contributed by atoms with van der Waals surface area (Å²) >= 11 is 6.09. The van der Waals surface area contributed by atoms with Gasteiger partial charge in [-0.3, -0.25) is 19.3 Å². The zero-order chi connectivity index (χ0) is 22.4. The molecule has 2 heterocycles. The maximum atomic E-state index is 12.8. The number of amides is 3. The molecule has 1 atom stereocenters. The van der Waals surface area contributed by atoms with Crippen molar-refractivity contribution in [3.63, 3.8) is 0 Å². The number of rotatable bonds is 8. The Morgan fingerprint density at radius 2 is 2.00 bits per heavy atom. The Kier molecular flexibility index (Phi) is 8.15. The summed E-state index contributed by atoms with van der Waals surface area (Å²) in [6.07, 6.45) is 2.67. The van der Waals surface area contributed by atoms with Crippen LogP contribution < -0.4 is 20.3 Å². The van der Waals surface area contributed by atoms with Crippen molar-refractivity contribution in [2.45, 2.75) is 38.6 Å². The molecule has 0 aliphatic carbocycles. The highest BCUT2D eigenvalue weighted by Gasteiger charge is 2.37. The van der Waals surface area contributed by atoms with Crippen LogP contribution in [0.25, 0.3) is 0 Å². The molecule has 1 aromatic rings. The number of nitrogens with one attached hydrogen (secondary N) is 2. The number of nitrogens with zero attached hydrogens (tertiary/aromatic N) is 2. The number of benzene rings is 1. The van der Waals surface area contributed by atoms with Gasteiger partial charge in [0, 0.05) is 43.7 Å². The van der Waals surface area contributed by atoms with Gasteiger partial charge < -0.3 is 20.3 Å². The van der Waals surface area contributed by atoms with Gasteiger partial charge in [-0.05, 0) is 37.5 Å². The van der Waals surface area contributed by atoms with Crippen molar-refractivity contribution in [1.82, 2.24) is 15.5 Å². The summed E-state index contributed by atoms with van der Waals surface area (Å²) < 4.78 is 5.35. The highest BCUT2D eigenvalue weighted by atomic mass is 35.5. The number of anilines is 1. The Hall–Kier alpha value is -2.32. The van der Waals surface area contributed by atoms with Crippen LogP contribution in [0.4, 0.5) is 5.69 Å². The lowest BCUT2D eigenvalue weighted by Crippen LogP contribution is -2.48. The van der Waals surface area contributed by atoms with Gasteiger partial charge >= 0.3 is 0 Å². The maximum absolute atomic E-state index is 12.8. The van der Waals surface area contributed by atoms with Gasteiger partial charge in [0.15, 0.2) is 0 Å². The minimum absolute atomic E-state index is 0.0466. The van der Waals surface area contributed by atoms with Crippen molar-refractivity contribution >= 4 is 35.0 Å². The molecule has 2 fully saturated rings. The maximum Gasteiger partial charge on any atom is 0.234 e. The minimum atomic E-state index is -0.408. The Balaban J connectivity index is 1.49. The van der Waals surface area contributed by atoms with E-state index in [1.807, 2.05) is 6.92 Å². The number of ether oxygens (including phenoxy) is 1. The first-order chi connectivity index (χ1) is 14.9. The van der Waals surface area contributed by atoms with E-state index in [9.17, 15) is 14.4 Å². The van der Waals surface area contributed by atoms with E-state index in [2.05, 4.69) is 15.5 Å². The van der Waals surface area contributed by atoms with Crippen molar-refractivity contribution in [3.05, 3.63) is 23.2 Å². The predicted octanol–water partition coefficient (Wildman–Crippen LogP) is 1.81. The molecule has 0 aromatic heterocycles. The first-order valence-corrected chi connectivity index (χ1v) is 11.2. The van der Waals surface area contributed by atoms with E-state index in [1.165, 1.54) is 7.11 Å². The number of carbonyl (C=O) groups is 3. The third kappa shape index (κ3) is 6.11. The first-order valence-electron chi connectivity index (χ1n) is 10.8. The molecule has 0 saturated carbocycles. The molecule has 0 radical (unpaired) electrons. The highest BCUT2D eigenvalue weighted by Crippen LogP contribution is 2.35. The minimum Gasteiger partial charge on any atom is -0.495 e. The second-order valence-electron chi connectivity index (χ2n) is 8.13. The summed E-state index contributed by atoms with van der Waals surface area (Å²) in [4.78, 5) is 41.0. The molecule has 2 aliphatic rings. The van der Waals surface area contributed by atoms with Gasteiger partial charge in [-0.2, -0.15) is 0 Å². The van der Waals surface area contributed by atoms with Crippen LogP contribution in [0.15, 0.2) is 18.2 Å². The summed E-state index contributed by atoms with van der Waals surface area (Å²) in [5.41, 5.74) is 0.588. The molecule has 9 heteroatoms. The van der Waals surface area contributed by atoms with Crippen LogP contribution >= 0.6 is 11.6 Å². The van der Waals surface area contributed by atoms with Crippen LogP contribution in [-0.4, -0.2) is 68.5 Å². The van der Waals surface area contributed by atoms with Crippen LogP contribution in [0.3, 0.4) is 0 Å². The molecule has 3 rings (SSSR count). The molecule has 2 aliphatic heterocycles. The first kappa shape index (κ1) is 23.3. The molecule has 3 amide bonds. The van der Waals surface area contributed by atoms with Gasteiger partial charge in [-0.25, -0.2) is 0 Å². The molecule has 31 heavy (non-hydrogen) atoms. The third-order valence-corrected chi connectivity index (χ3v) is 6.04. The van der Waals surface area contributed by atoms with Gasteiger partial charge in [-0.15, -0.1) is 0 Å². The molecule has 2 N–H and O–H groups in total. The smallest absolute Gasteiger partial charge is 0.234 e. The van der Waals surface area contributed by atoms with Gasteiger partial charge in [0.2, 0.25) is 17.7 Å². The van der Waals surface area contributed by atoms with Crippen LogP contribution in [0, 0.1) is 5.92 Å². The fraction of sp³-hybridized carbons (Fsp3) is 0.591. The van der Waals surface area contributed by atoms with Crippen LogP contribution in [0.2, 0.25) is 5.02 Å². The Labute approximate surface area is 188 Å². The van der Waals surface area contributed by atoms with Crippen molar-refractivity contribution in [2.24, 2.45) is 5.92 Å². The summed E-state index contributed by atoms with van der Waals surface area (Å²) in [7, 11) is 1.54. The van der Waals surface area contributed by atoms with E-state index < -0.39 is 5.92 Å². The summed E-state index contributed by atoms with van der Waals surface area (Å²) in [6, 6.07) is 5.17. The quantitative estimate of drug-likeness (QED) is 0.630. The van der Waals surface area contributed by atoms with E-state index in [-0.39, 0.29) is 30.2 Å². The van der Waals surface area contributed by atoms with Crippen LogP contribution in [-0.2, 0) is 14.4 Å². The van der Waals surface area contributed by atoms with E-state index >= 15 is 0 Å². The normalized spacial score (nSPS) is 20.0. The highest BCUT2D eigenvalue weighted by molar-refractivity contribution is 6.31. The average molecular weight is 451 g/mol. The zero-order valence-electron chi connectivity index (χ0n) is 18.2. The molecule has 0 bridgehead atoms. The van der Waals surface area contributed by atoms with Gasteiger partial charge in [0.1, 0.15) is 5.75 Å². The average Bonchev–Trinajstić information content (AvgIpc) is 3.15. The Morgan fingerprint density at radius 1 is 1.26 bits per heavy atom. The molecule has 8 nitrogen and oxygen atoms in total. The second-order valence-corrected chi connectivity index (χ2v) is 8.57. The lowest BCUT2D eigenvalue weighted by molar-refractivity contribution is -0.127. The van der Waals surface area contributed by atoms with Crippen LogP contribution in [0.5, 0.6) is 5.75 Å².